The first-order valence-corrected chi connectivity index (χ1v) is 7.22. The lowest BCUT2D eigenvalue weighted by Gasteiger charge is -2.17. The highest BCUT2D eigenvalue weighted by molar-refractivity contribution is 5.84. The molecule has 1 heteroatoms. The van der Waals surface area contributed by atoms with Crippen molar-refractivity contribution in [2.24, 2.45) is 0 Å². The van der Waals surface area contributed by atoms with Gasteiger partial charge in [0.05, 0.1) is 7.11 Å². The average molecular weight is 266 g/mol. The minimum atomic E-state index is 0.936. The third kappa shape index (κ3) is 2.93. The molecule has 20 heavy (non-hydrogen) atoms. The minimum Gasteiger partial charge on any atom is -0.496 e. The van der Waals surface area contributed by atoms with E-state index in [0.29, 0.717) is 0 Å². The van der Waals surface area contributed by atoms with Gasteiger partial charge in [-0.05, 0) is 30.0 Å². The Bertz CT molecular complexity index is 576. The number of rotatable bonds is 5. The van der Waals surface area contributed by atoms with Gasteiger partial charge >= 0.3 is 0 Å². The molecule has 0 saturated heterocycles. The van der Waals surface area contributed by atoms with Gasteiger partial charge in [0.1, 0.15) is 5.75 Å². The molecule has 1 nitrogen and oxygen atoms in total. The maximum absolute atomic E-state index is 5.55. The second-order valence-electron chi connectivity index (χ2n) is 4.75. The number of allylic oxidation sites excluding steroid dienone is 1. The topological polar surface area (TPSA) is 9.23 Å². The van der Waals surface area contributed by atoms with Gasteiger partial charge in [-0.15, -0.1) is 0 Å². The highest BCUT2D eigenvalue weighted by Gasteiger charge is 2.13. The molecule has 104 valence electrons. The Labute approximate surface area is 121 Å². The van der Waals surface area contributed by atoms with E-state index in [-0.39, 0.29) is 0 Å². The molecular formula is C19H22O. The van der Waals surface area contributed by atoms with Crippen molar-refractivity contribution in [3.63, 3.8) is 0 Å². The van der Waals surface area contributed by atoms with Gasteiger partial charge < -0.3 is 4.74 Å². The molecule has 0 atom stereocenters. The number of para-hydroxylation sites is 1. The van der Waals surface area contributed by atoms with E-state index in [1.54, 1.807) is 7.11 Å². The SMILES string of the molecule is CCC(CC)=C(c1ccccc1)c1ccccc1OC. The van der Waals surface area contributed by atoms with Crippen LogP contribution in [-0.2, 0) is 0 Å². The molecule has 0 spiro atoms. The second kappa shape index (κ2) is 6.95. The van der Waals surface area contributed by atoms with Crippen LogP contribution in [0.2, 0.25) is 0 Å². The van der Waals surface area contributed by atoms with Gasteiger partial charge in [0, 0.05) is 5.56 Å². The van der Waals surface area contributed by atoms with Gasteiger partial charge in [0.2, 0.25) is 0 Å². The molecule has 0 aliphatic rings. The quantitative estimate of drug-likeness (QED) is 0.712. The van der Waals surface area contributed by atoms with E-state index in [0.717, 1.165) is 18.6 Å². The van der Waals surface area contributed by atoms with Gasteiger partial charge in [0.15, 0.2) is 0 Å². The number of hydrogen-bond donors (Lipinski definition) is 0. The molecule has 2 aromatic rings. The Balaban J connectivity index is 2.68. The van der Waals surface area contributed by atoms with Gasteiger partial charge in [-0.3, -0.25) is 0 Å². The van der Waals surface area contributed by atoms with Crippen LogP contribution in [0.15, 0.2) is 60.2 Å². The average Bonchev–Trinajstić information content (AvgIpc) is 2.53. The van der Waals surface area contributed by atoms with Crippen molar-refractivity contribution in [2.45, 2.75) is 26.7 Å². The van der Waals surface area contributed by atoms with Crippen molar-refractivity contribution in [1.29, 1.82) is 0 Å². The predicted octanol–water partition coefficient (Wildman–Crippen LogP) is 5.32. The Morgan fingerprint density at radius 1 is 0.850 bits per heavy atom. The molecule has 2 aromatic carbocycles. The van der Waals surface area contributed by atoms with Crippen molar-refractivity contribution in [1.82, 2.24) is 0 Å². The molecule has 0 fully saturated rings. The van der Waals surface area contributed by atoms with Crippen LogP contribution in [0.4, 0.5) is 0 Å². The summed E-state index contributed by atoms with van der Waals surface area (Å²) in [5, 5.41) is 0. The van der Waals surface area contributed by atoms with Crippen LogP contribution in [0.5, 0.6) is 5.75 Å². The first-order valence-electron chi connectivity index (χ1n) is 7.22. The number of hydrogen-bond acceptors (Lipinski definition) is 1. The zero-order valence-corrected chi connectivity index (χ0v) is 12.5. The smallest absolute Gasteiger partial charge is 0.126 e. The van der Waals surface area contributed by atoms with Crippen LogP contribution >= 0.6 is 0 Å². The summed E-state index contributed by atoms with van der Waals surface area (Å²) in [5.74, 6) is 0.936. The summed E-state index contributed by atoms with van der Waals surface area (Å²) < 4.78 is 5.55. The summed E-state index contributed by atoms with van der Waals surface area (Å²) in [4.78, 5) is 0. The summed E-state index contributed by atoms with van der Waals surface area (Å²) in [5.41, 5.74) is 5.21. The highest BCUT2D eigenvalue weighted by atomic mass is 16.5. The van der Waals surface area contributed by atoms with Crippen LogP contribution in [0, 0.1) is 0 Å². The van der Waals surface area contributed by atoms with E-state index in [4.69, 9.17) is 4.74 Å². The zero-order valence-electron chi connectivity index (χ0n) is 12.5. The van der Waals surface area contributed by atoms with Crippen molar-refractivity contribution in [2.75, 3.05) is 7.11 Å². The van der Waals surface area contributed by atoms with Crippen molar-refractivity contribution < 1.29 is 4.74 Å². The van der Waals surface area contributed by atoms with Crippen LogP contribution in [-0.4, -0.2) is 7.11 Å². The lowest BCUT2D eigenvalue weighted by Crippen LogP contribution is -1.97. The summed E-state index contributed by atoms with van der Waals surface area (Å²) in [7, 11) is 1.74. The fourth-order valence-corrected chi connectivity index (χ4v) is 2.61. The molecule has 0 aliphatic carbocycles. The Morgan fingerprint density at radius 2 is 1.45 bits per heavy atom. The highest BCUT2D eigenvalue weighted by Crippen LogP contribution is 2.35. The lowest BCUT2D eigenvalue weighted by atomic mass is 9.90. The van der Waals surface area contributed by atoms with Crippen LogP contribution in [0.25, 0.3) is 5.57 Å². The van der Waals surface area contributed by atoms with E-state index in [9.17, 15) is 0 Å². The maximum atomic E-state index is 5.55. The minimum absolute atomic E-state index is 0.936. The molecule has 2 rings (SSSR count). The Hall–Kier alpha value is -2.02. The number of benzene rings is 2. The predicted molar refractivity (Wildman–Crippen MR) is 86.0 cm³/mol. The van der Waals surface area contributed by atoms with E-state index >= 15 is 0 Å². The Kier molecular flexibility index (Phi) is 5.00. The molecule has 0 unspecified atom stereocenters. The van der Waals surface area contributed by atoms with Crippen LogP contribution in [0.1, 0.15) is 37.8 Å². The van der Waals surface area contributed by atoms with E-state index in [2.05, 4.69) is 56.3 Å². The second-order valence-corrected chi connectivity index (χ2v) is 4.75. The Morgan fingerprint density at radius 3 is 2.05 bits per heavy atom. The number of methoxy groups -OCH3 is 1. The third-order valence-corrected chi connectivity index (χ3v) is 3.65. The van der Waals surface area contributed by atoms with Gasteiger partial charge in [-0.25, -0.2) is 0 Å². The van der Waals surface area contributed by atoms with Gasteiger partial charge in [-0.1, -0.05) is 68.0 Å². The molecular weight excluding hydrogens is 244 g/mol. The fourth-order valence-electron chi connectivity index (χ4n) is 2.61. The number of ether oxygens (including phenoxy) is 1. The summed E-state index contributed by atoms with van der Waals surface area (Å²) in [6, 6.07) is 18.8. The molecule has 0 N–H and O–H groups in total. The standard InChI is InChI=1S/C19H22O/c1-4-15(5-2)19(16-11-7-6-8-12-16)17-13-9-10-14-18(17)20-3/h6-14H,4-5H2,1-3H3. The normalized spacial score (nSPS) is 10.2. The van der Waals surface area contributed by atoms with E-state index < -0.39 is 0 Å². The molecule has 0 aliphatic heterocycles. The van der Waals surface area contributed by atoms with Crippen molar-refractivity contribution >= 4 is 5.57 Å². The fraction of sp³-hybridized carbons (Fsp3) is 0.263. The monoisotopic (exact) mass is 266 g/mol. The van der Waals surface area contributed by atoms with Crippen molar-refractivity contribution in [3.05, 3.63) is 71.3 Å². The summed E-state index contributed by atoms with van der Waals surface area (Å²) in [6.07, 6.45) is 2.11. The first-order chi connectivity index (χ1) is 9.81. The molecule has 0 amide bonds. The molecule has 0 heterocycles. The first kappa shape index (κ1) is 14.4. The maximum Gasteiger partial charge on any atom is 0.126 e. The zero-order chi connectivity index (χ0) is 14.4. The summed E-state index contributed by atoms with van der Waals surface area (Å²) >= 11 is 0. The molecule has 0 bridgehead atoms. The molecule has 0 aromatic heterocycles. The van der Waals surface area contributed by atoms with E-state index in [1.807, 2.05) is 12.1 Å². The molecule has 0 radical (unpaired) electrons. The molecule has 0 saturated carbocycles. The largest absolute Gasteiger partial charge is 0.496 e. The van der Waals surface area contributed by atoms with Crippen LogP contribution in [0.3, 0.4) is 0 Å². The summed E-state index contributed by atoms with van der Waals surface area (Å²) in [6.45, 7) is 4.44. The van der Waals surface area contributed by atoms with Crippen LogP contribution < -0.4 is 4.74 Å². The van der Waals surface area contributed by atoms with Gasteiger partial charge in [0.25, 0.3) is 0 Å². The van der Waals surface area contributed by atoms with E-state index in [1.165, 1.54) is 22.3 Å². The van der Waals surface area contributed by atoms with Crippen molar-refractivity contribution in [3.8, 4) is 5.75 Å². The third-order valence-electron chi connectivity index (χ3n) is 3.65. The van der Waals surface area contributed by atoms with Gasteiger partial charge in [-0.2, -0.15) is 0 Å². The lowest BCUT2D eigenvalue weighted by molar-refractivity contribution is 0.413.